The first-order valence-electron chi connectivity index (χ1n) is 19.8. The smallest absolute Gasteiger partial charge is 0.306 e. The number of rotatable bonds is 8. The number of pyridine rings is 1. The van der Waals surface area contributed by atoms with E-state index in [1.165, 1.54) is 37.7 Å². The van der Waals surface area contributed by atoms with Crippen molar-refractivity contribution >= 4 is 11.8 Å². The normalized spacial score (nSPS) is 43.7. The van der Waals surface area contributed by atoms with Crippen LogP contribution in [-0.2, 0) is 19.7 Å². The molecule has 0 aromatic carbocycles. The molecule has 10 atom stereocenters. The lowest BCUT2D eigenvalue weighted by Crippen LogP contribution is -2.67. The van der Waals surface area contributed by atoms with Gasteiger partial charge >= 0.3 is 5.97 Å². The summed E-state index contributed by atoms with van der Waals surface area (Å²) in [5, 5.41) is 0. The molecular weight excluding hydrogens is 590 g/mol. The molecule has 0 spiro atoms. The molecule has 7 rings (SSSR count). The van der Waals surface area contributed by atoms with Gasteiger partial charge in [0.25, 0.3) is 0 Å². The van der Waals surface area contributed by atoms with Gasteiger partial charge in [0.2, 0.25) is 0 Å². The topological polar surface area (TPSA) is 56.3 Å². The summed E-state index contributed by atoms with van der Waals surface area (Å²) < 4.78 is 6.28. The molecule has 1 heterocycles. The fourth-order valence-electron chi connectivity index (χ4n) is 14.2. The van der Waals surface area contributed by atoms with E-state index in [0.717, 1.165) is 50.6 Å². The van der Waals surface area contributed by atoms with Crippen molar-refractivity contribution in [2.45, 2.75) is 157 Å². The third-order valence-corrected chi connectivity index (χ3v) is 17.0. The molecule has 1 aromatic rings. The zero-order chi connectivity index (χ0) is 34.5. The van der Waals surface area contributed by atoms with Crippen molar-refractivity contribution < 1.29 is 14.3 Å². The van der Waals surface area contributed by atoms with Crippen molar-refractivity contribution in [3.8, 4) is 0 Å². The van der Waals surface area contributed by atoms with E-state index in [0.29, 0.717) is 54.1 Å². The Bertz CT molecular complexity index is 1440. The number of hydrogen-bond acceptors (Lipinski definition) is 4. The fraction of sp³-hybridized carbons (Fsp3) is 0.795. The van der Waals surface area contributed by atoms with Crippen molar-refractivity contribution in [3.63, 3.8) is 0 Å². The lowest BCUT2D eigenvalue weighted by atomic mass is 9.32. The Hall–Kier alpha value is -1.97. The molecule has 6 aliphatic rings. The Morgan fingerprint density at radius 3 is 2.27 bits per heavy atom. The van der Waals surface area contributed by atoms with Crippen LogP contribution in [0.5, 0.6) is 0 Å². The zero-order valence-corrected chi connectivity index (χ0v) is 31.6. The molecule has 0 aliphatic heterocycles. The van der Waals surface area contributed by atoms with Crippen LogP contribution in [0, 0.1) is 62.6 Å². The summed E-state index contributed by atoms with van der Waals surface area (Å²) in [5.74, 6) is 3.49. The summed E-state index contributed by atoms with van der Waals surface area (Å²) in [6.45, 7) is 23.8. The minimum absolute atomic E-state index is 0.00933. The average molecular weight is 656 g/mol. The van der Waals surface area contributed by atoms with Crippen molar-refractivity contribution in [2.24, 2.45) is 62.6 Å². The molecule has 6 fully saturated rings. The van der Waals surface area contributed by atoms with Gasteiger partial charge in [0.05, 0.1) is 0 Å². The first-order valence-corrected chi connectivity index (χ1v) is 19.8. The standard InChI is InChI=1S/C44H65NO3/c1-28(2)26-37(47)48-36-17-18-40(7)32(39(36,5)6)16-19-42(9)33(40)14-13-31-38-30(29(3)4)15-20-44(38,24-21-41(31,42)8)35(46)27-43(22-23-43)34-12-10-11-25-45-34/h10-12,25,28,30-33,36,38H,3,13-24,26-27H2,1-2,4-9H3/t30-,31?,32?,33?,36?,38?,40-,41+,42+,44+/m0/s1. The Morgan fingerprint density at radius 2 is 1.62 bits per heavy atom. The van der Waals surface area contributed by atoms with Crippen LogP contribution in [0.2, 0.25) is 0 Å². The molecule has 4 heteroatoms. The van der Waals surface area contributed by atoms with E-state index in [1.807, 2.05) is 12.3 Å². The van der Waals surface area contributed by atoms with Crippen LogP contribution in [0.25, 0.3) is 0 Å². The monoisotopic (exact) mass is 655 g/mol. The maximum atomic E-state index is 14.9. The van der Waals surface area contributed by atoms with Gasteiger partial charge in [0, 0.05) is 41.0 Å². The number of carbonyl (C=O) groups is 2. The summed E-state index contributed by atoms with van der Waals surface area (Å²) >= 11 is 0. The molecule has 1 aromatic heterocycles. The van der Waals surface area contributed by atoms with Gasteiger partial charge in [-0.15, -0.1) is 0 Å². The number of Topliss-reactive ketones (excluding diaryl/α,β-unsaturated/α-hetero) is 1. The maximum Gasteiger partial charge on any atom is 0.306 e. The number of ketones is 1. The molecule has 6 aliphatic carbocycles. The van der Waals surface area contributed by atoms with E-state index in [1.54, 1.807) is 0 Å². The Labute approximate surface area is 292 Å². The largest absolute Gasteiger partial charge is 0.462 e. The first kappa shape index (κ1) is 34.5. The number of nitrogens with zero attached hydrogens (tertiary/aromatic N) is 1. The van der Waals surface area contributed by atoms with Gasteiger partial charge < -0.3 is 4.74 Å². The van der Waals surface area contributed by atoms with Crippen LogP contribution >= 0.6 is 0 Å². The number of fused-ring (bicyclic) bond motifs is 7. The SMILES string of the molecule is C=C(C)[C@@H]1CC[C@]2(C(=O)CC3(c4ccccn4)CC3)CC[C@]3(C)C(CCC4[C@@]5(C)CCC(OC(=O)CC(C)C)C(C)(C)C5CC[C@]43C)C12. The lowest BCUT2D eigenvalue weighted by Gasteiger charge is -2.73. The van der Waals surface area contributed by atoms with Crippen LogP contribution < -0.4 is 0 Å². The lowest BCUT2D eigenvalue weighted by molar-refractivity contribution is -0.249. The summed E-state index contributed by atoms with van der Waals surface area (Å²) in [4.78, 5) is 32.5. The highest BCUT2D eigenvalue weighted by atomic mass is 16.5. The van der Waals surface area contributed by atoms with Crippen LogP contribution in [0.15, 0.2) is 36.5 Å². The van der Waals surface area contributed by atoms with Gasteiger partial charge in [0.15, 0.2) is 0 Å². The molecule has 6 saturated carbocycles. The summed E-state index contributed by atoms with van der Waals surface area (Å²) in [5.41, 5.74) is 2.84. The fourth-order valence-corrected chi connectivity index (χ4v) is 14.2. The van der Waals surface area contributed by atoms with Crippen LogP contribution in [0.4, 0.5) is 0 Å². The van der Waals surface area contributed by atoms with Crippen LogP contribution in [0.3, 0.4) is 0 Å². The second kappa shape index (κ2) is 11.5. The van der Waals surface area contributed by atoms with E-state index < -0.39 is 0 Å². The third-order valence-electron chi connectivity index (χ3n) is 17.0. The molecule has 264 valence electrons. The predicted molar refractivity (Wildman–Crippen MR) is 193 cm³/mol. The van der Waals surface area contributed by atoms with Gasteiger partial charge in [-0.1, -0.05) is 66.7 Å². The number of hydrogen-bond donors (Lipinski definition) is 0. The Kier molecular flexibility index (Phi) is 8.28. The van der Waals surface area contributed by atoms with Crippen molar-refractivity contribution in [2.75, 3.05) is 0 Å². The van der Waals surface area contributed by atoms with Gasteiger partial charge in [-0.2, -0.15) is 0 Å². The number of allylic oxidation sites excluding steroid dienone is 1. The van der Waals surface area contributed by atoms with E-state index in [4.69, 9.17) is 9.72 Å². The Balaban J connectivity index is 1.17. The number of ether oxygens (including phenoxy) is 1. The second-order valence-corrected chi connectivity index (χ2v) is 19.9. The van der Waals surface area contributed by atoms with Crippen LogP contribution in [0.1, 0.15) is 151 Å². The molecule has 0 saturated heterocycles. The molecular formula is C44H65NO3. The van der Waals surface area contributed by atoms with Gasteiger partial charge in [-0.3, -0.25) is 14.6 Å². The van der Waals surface area contributed by atoms with Gasteiger partial charge in [-0.25, -0.2) is 0 Å². The minimum atomic E-state index is -0.206. The second-order valence-electron chi connectivity index (χ2n) is 19.9. The average Bonchev–Trinajstić information content (AvgIpc) is 3.68. The molecule has 5 unspecified atom stereocenters. The quantitative estimate of drug-likeness (QED) is 0.207. The summed E-state index contributed by atoms with van der Waals surface area (Å²) in [6.07, 6.45) is 16.8. The number of carbonyl (C=O) groups excluding carboxylic acids is 2. The van der Waals surface area contributed by atoms with Crippen LogP contribution in [-0.4, -0.2) is 22.8 Å². The van der Waals surface area contributed by atoms with Crippen molar-refractivity contribution in [3.05, 3.63) is 42.2 Å². The molecule has 0 N–H and O–H groups in total. The predicted octanol–water partition coefficient (Wildman–Crippen LogP) is 10.7. The molecule has 0 bridgehead atoms. The van der Waals surface area contributed by atoms with E-state index >= 15 is 0 Å². The van der Waals surface area contributed by atoms with Gasteiger partial charge in [0.1, 0.15) is 11.9 Å². The highest BCUT2D eigenvalue weighted by Crippen LogP contribution is 2.78. The molecule has 4 nitrogen and oxygen atoms in total. The highest BCUT2D eigenvalue weighted by Gasteiger charge is 2.72. The van der Waals surface area contributed by atoms with Crippen molar-refractivity contribution in [1.29, 1.82) is 0 Å². The minimum Gasteiger partial charge on any atom is -0.462 e. The first-order chi connectivity index (χ1) is 22.5. The third kappa shape index (κ3) is 4.90. The maximum absolute atomic E-state index is 14.9. The summed E-state index contributed by atoms with van der Waals surface area (Å²) in [7, 11) is 0. The molecule has 48 heavy (non-hydrogen) atoms. The molecule has 0 amide bonds. The van der Waals surface area contributed by atoms with Gasteiger partial charge in [-0.05, 0) is 148 Å². The van der Waals surface area contributed by atoms with E-state index in [2.05, 4.69) is 74.1 Å². The highest BCUT2D eigenvalue weighted by molar-refractivity contribution is 5.87. The Morgan fingerprint density at radius 1 is 0.875 bits per heavy atom. The number of esters is 1. The number of aromatic nitrogens is 1. The molecule has 0 radical (unpaired) electrons. The van der Waals surface area contributed by atoms with E-state index in [-0.39, 0.29) is 44.6 Å². The van der Waals surface area contributed by atoms with Crippen molar-refractivity contribution in [1.82, 2.24) is 4.98 Å². The zero-order valence-electron chi connectivity index (χ0n) is 31.6. The summed E-state index contributed by atoms with van der Waals surface area (Å²) in [6, 6.07) is 6.24. The van der Waals surface area contributed by atoms with E-state index in [9.17, 15) is 9.59 Å².